The Morgan fingerprint density at radius 1 is 0.904 bits per heavy atom. The molecule has 0 unspecified atom stereocenters. The van der Waals surface area contributed by atoms with E-state index in [9.17, 15) is 48.7 Å². The molecule has 4 heterocycles. The van der Waals surface area contributed by atoms with Gasteiger partial charge in [0.15, 0.2) is 23.3 Å². The zero-order valence-electron chi connectivity index (χ0n) is 27.0. The van der Waals surface area contributed by atoms with E-state index < -0.39 is 78.0 Å². The van der Waals surface area contributed by atoms with Crippen LogP contribution in [-0.4, -0.2) is 69.4 Å². The summed E-state index contributed by atoms with van der Waals surface area (Å²) in [5.41, 5.74) is -1.48. The van der Waals surface area contributed by atoms with E-state index in [1.165, 1.54) is 16.4 Å². The van der Waals surface area contributed by atoms with E-state index in [2.05, 4.69) is 36.8 Å². The number of nitrogens with zero attached hydrogens (tertiary/aromatic N) is 3. The molecule has 1 atom stereocenters. The number of anilines is 1. The number of pyridine rings is 1. The Hall–Kier alpha value is -1.94. The number of nitrogens with one attached hydrogen (secondary N) is 1. The van der Waals surface area contributed by atoms with Gasteiger partial charge in [0.05, 0.1) is 4.47 Å². The normalized spacial score (nSPS) is 17.5. The van der Waals surface area contributed by atoms with Gasteiger partial charge in [0.25, 0.3) is 10.0 Å². The van der Waals surface area contributed by atoms with Crippen LogP contribution in [0.3, 0.4) is 0 Å². The third-order valence-corrected chi connectivity index (χ3v) is 16.2. The van der Waals surface area contributed by atoms with Crippen molar-refractivity contribution in [3.63, 3.8) is 0 Å². The Balaban J connectivity index is 1.10. The molecule has 0 amide bonds. The average Bonchev–Trinajstić information content (AvgIpc) is 3.46. The molecule has 2 fully saturated rings. The third-order valence-electron chi connectivity index (χ3n) is 9.34. The highest BCUT2D eigenvalue weighted by atomic mass is 79.9. The summed E-state index contributed by atoms with van der Waals surface area (Å²) in [5.74, 6) is -12.1. The number of benzene rings is 1. The van der Waals surface area contributed by atoms with Gasteiger partial charge in [-0.3, -0.25) is 4.79 Å². The zero-order valence-corrected chi connectivity index (χ0v) is 33.4. The largest absolute Gasteiger partial charge is 0.480 e. The van der Waals surface area contributed by atoms with Crippen LogP contribution in [0.15, 0.2) is 36.4 Å². The molecule has 2 saturated heterocycles. The summed E-state index contributed by atoms with van der Waals surface area (Å²) in [6.45, 7) is 2.22. The number of thiophene rings is 1. The highest BCUT2D eigenvalue weighted by Crippen LogP contribution is 2.38. The quantitative estimate of drug-likeness (QED) is 0.102. The average molecular weight is 943 g/mol. The van der Waals surface area contributed by atoms with E-state index in [-0.39, 0.29) is 8.68 Å². The number of aromatic nitrogens is 1. The van der Waals surface area contributed by atoms with Crippen molar-refractivity contribution in [3.05, 3.63) is 66.3 Å². The summed E-state index contributed by atoms with van der Waals surface area (Å²) in [7, 11) is -8.26. The number of carboxylic acid groups (broad SMARTS) is 1. The first-order valence-corrected chi connectivity index (χ1v) is 21.7. The molecule has 0 radical (unpaired) electrons. The van der Waals surface area contributed by atoms with Crippen LogP contribution in [0.1, 0.15) is 50.5 Å². The van der Waals surface area contributed by atoms with Crippen LogP contribution < -0.4 is 9.62 Å². The molecule has 2 aliphatic heterocycles. The smallest absolute Gasteiger partial charge is 0.322 e. The number of hydrogen-bond donors (Lipinski definition) is 2. The van der Waals surface area contributed by atoms with Gasteiger partial charge in [0.1, 0.15) is 25.3 Å². The number of sulfonamides is 2. The summed E-state index contributed by atoms with van der Waals surface area (Å²) in [4.78, 5) is 17.5. The van der Waals surface area contributed by atoms with Crippen LogP contribution in [0.5, 0.6) is 0 Å². The number of aliphatic carboxylic acids is 1. The van der Waals surface area contributed by atoms with E-state index >= 15 is 0 Å². The lowest BCUT2D eigenvalue weighted by atomic mass is 9.87. The summed E-state index contributed by atoms with van der Waals surface area (Å²) in [6.07, 6.45) is 5.97. The fourth-order valence-corrected chi connectivity index (χ4v) is 12.2. The molecule has 0 spiro atoms. The van der Waals surface area contributed by atoms with Gasteiger partial charge >= 0.3 is 5.97 Å². The summed E-state index contributed by atoms with van der Waals surface area (Å²) >= 11 is 13.7. The maximum atomic E-state index is 14.2. The minimum absolute atomic E-state index is 0.232. The predicted molar refractivity (Wildman–Crippen MR) is 191 cm³/mol. The fraction of sp³-hybridized carbons (Fsp3) is 0.484. The minimum atomic E-state index is -4.69. The first kappa shape index (κ1) is 41.2. The van der Waals surface area contributed by atoms with E-state index in [0.29, 0.717) is 52.6 Å². The number of rotatable bonds is 13. The first-order valence-electron chi connectivity index (χ1n) is 16.0. The topological polar surface area (TPSA) is 137 Å². The van der Waals surface area contributed by atoms with Gasteiger partial charge in [-0.2, -0.15) is 9.03 Å². The van der Waals surface area contributed by atoms with Gasteiger partial charge in [-0.25, -0.2) is 43.8 Å². The van der Waals surface area contributed by atoms with Crippen molar-refractivity contribution in [1.82, 2.24) is 14.0 Å². The van der Waals surface area contributed by atoms with Crippen molar-refractivity contribution in [2.24, 2.45) is 11.8 Å². The molecule has 5 rings (SSSR count). The number of piperidine rings is 2. The number of hydrogen-bond acceptors (Lipinski definition) is 8. The highest BCUT2D eigenvalue weighted by Gasteiger charge is 2.34. The van der Waals surface area contributed by atoms with Crippen molar-refractivity contribution >= 4 is 86.6 Å². The maximum Gasteiger partial charge on any atom is 0.322 e. The lowest BCUT2D eigenvalue weighted by molar-refractivity contribution is -0.138. The monoisotopic (exact) mass is 940 g/mol. The molecule has 2 aliphatic rings. The van der Waals surface area contributed by atoms with Gasteiger partial charge in [-0.15, -0.1) is 11.3 Å². The molecule has 21 heteroatoms. The van der Waals surface area contributed by atoms with Crippen molar-refractivity contribution < 1.29 is 48.7 Å². The summed E-state index contributed by atoms with van der Waals surface area (Å²) in [5, 5.41) is 9.52. The predicted octanol–water partition coefficient (Wildman–Crippen LogP) is 7.48. The van der Waals surface area contributed by atoms with Crippen molar-refractivity contribution in [1.29, 1.82) is 0 Å². The van der Waals surface area contributed by atoms with Crippen LogP contribution in [0.4, 0.5) is 27.8 Å². The second-order valence-electron chi connectivity index (χ2n) is 12.6. The highest BCUT2D eigenvalue weighted by molar-refractivity contribution is 9.11. The van der Waals surface area contributed by atoms with Crippen LogP contribution in [0.2, 0.25) is 4.34 Å². The van der Waals surface area contributed by atoms with Crippen LogP contribution in [0, 0.1) is 40.9 Å². The molecule has 1 aromatic carbocycles. The van der Waals surface area contributed by atoms with Crippen molar-refractivity contribution in [3.8, 4) is 0 Å². The molecule has 286 valence electrons. The SMILES string of the molecule is O=C(O)[C@H](Cc1c(F)c(F)c(F)c(F)c1F)NS(=O)(=O)c1cnc(N2CCC(CCCC3CCN(S(=O)(=O)c4cc(Br)c(Cl)s4)CC3)CC2)c(Br)c1. The Kier molecular flexibility index (Phi) is 13.3. The van der Waals surface area contributed by atoms with Gasteiger partial charge < -0.3 is 10.0 Å². The van der Waals surface area contributed by atoms with Crippen molar-refractivity contribution in [2.75, 3.05) is 31.1 Å². The second-order valence-corrected chi connectivity index (χ2v) is 19.9. The van der Waals surface area contributed by atoms with Gasteiger partial charge in [0, 0.05) is 48.8 Å². The third kappa shape index (κ3) is 9.12. The molecule has 2 aromatic heterocycles. The minimum Gasteiger partial charge on any atom is -0.480 e. The van der Waals surface area contributed by atoms with E-state index in [0.717, 1.165) is 62.5 Å². The van der Waals surface area contributed by atoms with Gasteiger partial charge in [-0.05, 0) is 81.5 Å². The van der Waals surface area contributed by atoms with Crippen molar-refractivity contribution in [2.45, 2.75) is 66.5 Å². The number of carboxylic acids is 1. The van der Waals surface area contributed by atoms with Gasteiger partial charge in [-0.1, -0.05) is 30.9 Å². The molecule has 2 N–H and O–H groups in total. The zero-order chi connectivity index (χ0) is 38.1. The Bertz CT molecular complexity index is 2000. The Morgan fingerprint density at radius 2 is 1.44 bits per heavy atom. The number of carbonyl (C=O) groups is 1. The first-order chi connectivity index (χ1) is 24.4. The van der Waals surface area contributed by atoms with Crippen LogP contribution >= 0.6 is 54.8 Å². The second kappa shape index (κ2) is 16.8. The molecule has 0 aliphatic carbocycles. The fourth-order valence-electron chi connectivity index (χ4n) is 6.41. The van der Waals surface area contributed by atoms with E-state index in [1.807, 2.05) is 4.90 Å². The number of halogens is 8. The summed E-state index contributed by atoms with van der Waals surface area (Å²) in [6, 6.07) is 0.441. The molecule has 10 nitrogen and oxygen atoms in total. The lowest BCUT2D eigenvalue weighted by Gasteiger charge is -2.34. The van der Waals surface area contributed by atoms with Gasteiger partial charge in [0.2, 0.25) is 15.8 Å². The molecule has 0 saturated carbocycles. The molecular weight excluding hydrogens is 911 g/mol. The van der Waals surface area contributed by atoms with E-state index in [1.54, 1.807) is 4.72 Å². The maximum absolute atomic E-state index is 14.2. The van der Waals surface area contributed by atoms with E-state index in [4.69, 9.17) is 11.6 Å². The molecule has 0 bridgehead atoms. The van der Waals surface area contributed by atoms with Crippen LogP contribution in [0.25, 0.3) is 0 Å². The Labute approximate surface area is 323 Å². The molecule has 52 heavy (non-hydrogen) atoms. The molecule has 3 aromatic rings. The van der Waals surface area contributed by atoms with Crippen LogP contribution in [-0.2, 0) is 31.3 Å². The summed E-state index contributed by atoms with van der Waals surface area (Å²) < 4.78 is 126. The lowest BCUT2D eigenvalue weighted by Crippen LogP contribution is -2.42. The standard InChI is InChI=1S/C31H32Br2ClF5N4O6S3/c32-20-14-23(50-29(20)34)52(48,49)43-10-6-17(7-11-43)3-1-2-16-4-8-42(9-5-16)30-21(33)12-18(15-40-30)51(46,47)41-22(31(44)45)13-19-24(35)26(37)28(39)27(38)25(19)36/h12,14-17,22,41H,1-11,13H2,(H,44,45)/t22-/m0/s1. The Morgan fingerprint density at radius 3 is 1.94 bits per heavy atom. The molecular formula is C31H32Br2ClF5N4O6S3.